The van der Waals surface area contributed by atoms with Crippen LogP contribution in [0.25, 0.3) is 0 Å². The Hall–Kier alpha value is -2.58. The van der Waals surface area contributed by atoms with Crippen LogP contribution in [-0.2, 0) is 9.47 Å². The fourth-order valence-electron chi connectivity index (χ4n) is 3.15. The number of rotatable bonds is 8. The molecule has 0 saturated carbocycles. The lowest BCUT2D eigenvalue weighted by Gasteiger charge is -2.32. The molecule has 0 aliphatic heterocycles. The number of nitrogens with zero attached hydrogens (tertiary/aromatic N) is 1. The van der Waals surface area contributed by atoms with E-state index in [9.17, 15) is 9.59 Å². The first kappa shape index (κ1) is 26.7. The lowest BCUT2D eigenvalue weighted by molar-refractivity contribution is 0.0381. The van der Waals surface area contributed by atoms with Crippen molar-refractivity contribution in [3.63, 3.8) is 0 Å². The molecule has 2 aromatic rings. The van der Waals surface area contributed by atoms with Crippen LogP contribution in [0, 0.1) is 0 Å². The van der Waals surface area contributed by atoms with Crippen LogP contribution in [0.1, 0.15) is 46.2 Å². The predicted octanol–water partition coefficient (Wildman–Crippen LogP) is 5.65. The van der Waals surface area contributed by atoms with Gasteiger partial charge in [0.1, 0.15) is 5.60 Å². The quantitative estimate of drug-likeness (QED) is 0.471. The zero-order valence-corrected chi connectivity index (χ0v) is 21.7. The van der Waals surface area contributed by atoms with E-state index in [2.05, 4.69) is 26.6 Å². The van der Waals surface area contributed by atoms with Crippen molar-refractivity contribution in [3.8, 4) is 0 Å². The minimum atomic E-state index is -0.640. The van der Waals surface area contributed by atoms with E-state index in [-0.39, 0.29) is 24.7 Å². The molecule has 0 bridgehead atoms. The average molecular weight is 520 g/mol. The molecule has 0 aromatic heterocycles. The molecule has 2 N–H and O–H groups in total. The summed E-state index contributed by atoms with van der Waals surface area (Å²) in [7, 11) is 1.57. The van der Waals surface area contributed by atoms with Gasteiger partial charge in [-0.2, -0.15) is 0 Å². The first-order chi connectivity index (χ1) is 15.5. The normalized spacial score (nSPS) is 14.0. The summed E-state index contributed by atoms with van der Waals surface area (Å²) >= 11 is 3.44. The Balaban J connectivity index is 2.27. The van der Waals surface area contributed by atoms with Gasteiger partial charge in [0.05, 0.1) is 24.7 Å². The van der Waals surface area contributed by atoms with Crippen LogP contribution in [0.3, 0.4) is 0 Å². The smallest absolute Gasteiger partial charge is 0.408 e. The highest BCUT2D eigenvalue weighted by Gasteiger charge is 2.28. The van der Waals surface area contributed by atoms with Gasteiger partial charge in [-0.3, -0.25) is 4.90 Å². The molecule has 8 heteroatoms. The molecule has 0 heterocycles. The molecule has 3 atom stereocenters. The summed E-state index contributed by atoms with van der Waals surface area (Å²) in [5.74, 6) is 0. The highest BCUT2D eigenvalue weighted by Crippen LogP contribution is 2.21. The summed E-state index contributed by atoms with van der Waals surface area (Å²) in [5.41, 5.74) is 1.05. The van der Waals surface area contributed by atoms with Crippen molar-refractivity contribution in [3.05, 3.63) is 64.6 Å². The zero-order chi connectivity index (χ0) is 24.6. The second-order valence-electron chi connectivity index (χ2n) is 8.86. The molecule has 2 rings (SSSR count). The lowest BCUT2D eigenvalue weighted by atomic mass is 10.1. The van der Waals surface area contributed by atoms with E-state index in [1.165, 1.54) is 0 Å². The van der Waals surface area contributed by atoms with Gasteiger partial charge in [0.2, 0.25) is 0 Å². The number of benzene rings is 2. The van der Waals surface area contributed by atoms with Crippen LogP contribution < -0.4 is 15.5 Å². The molecule has 0 radical (unpaired) electrons. The monoisotopic (exact) mass is 519 g/mol. The van der Waals surface area contributed by atoms with E-state index in [1.54, 1.807) is 32.8 Å². The van der Waals surface area contributed by atoms with Crippen LogP contribution in [0.2, 0.25) is 0 Å². The minimum Gasteiger partial charge on any atom is -0.444 e. The molecule has 2 aromatic carbocycles. The second-order valence-corrected chi connectivity index (χ2v) is 9.78. The number of halogens is 1. The van der Waals surface area contributed by atoms with E-state index in [0.29, 0.717) is 5.69 Å². The lowest BCUT2D eigenvalue weighted by Crippen LogP contribution is -2.54. The first-order valence-corrected chi connectivity index (χ1v) is 11.7. The van der Waals surface area contributed by atoms with Gasteiger partial charge in [-0.25, -0.2) is 9.59 Å². The molecule has 3 amide bonds. The van der Waals surface area contributed by atoms with Crippen LogP contribution >= 0.6 is 15.9 Å². The molecular weight excluding hydrogens is 486 g/mol. The third-order valence-electron chi connectivity index (χ3n) is 5.04. The van der Waals surface area contributed by atoms with Crippen LogP contribution in [0.15, 0.2) is 59.1 Å². The maximum Gasteiger partial charge on any atom is 0.408 e. The van der Waals surface area contributed by atoms with E-state index in [0.717, 1.165) is 10.0 Å². The zero-order valence-electron chi connectivity index (χ0n) is 20.1. The Bertz CT molecular complexity index is 900. The Kier molecular flexibility index (Phi) is 9.73. The van der Waals surface area contributed by atoms with Crippen molar-refractivity contribution in [2.45, 2.75) is 58.4 Å². The van der Waals surface area contributed by atoms with Crippen molar-refractivity contribution in [1.29, 1.82) is 0 Å². The first-order valence-electron chi connectivity index (χ1n) is 10.9. The van der Waals surface area contributed by atoms with Crippen LogP contribution in [-0.4, -0.2) is 43.5 Å². The molecule has 3 unspecified atom stereocenters. The maximum atomic E-state index is 13.4. The third-order valence-corrected chi connectivity index (χ3v) is 5.57. The highest BCUT2D eigenvalue weighted by atomic mass is 79.9. The number of anilines is 1. The van der Waals surface area contributed by atoms with E-state index in [4.69, 9.17) is 9.47 Å². The number of hydrogen-bond acceptors (Lipinski definition) is 4. The summed E-state index contributed by atoms with van der Waals surface area (Å²) in [6, 6.07) is 16.2. The Morgan fingerprint density at radius 2 is 1.61 bits per heavy atom. The molecule has 0 saturated heterocycles. The number of alkyl carbamates (subject to hydrolysis) is 1. The molecule has 0 aliphatic carbocycles. The molecule has 180 valence electrons. The molecule has 0 fully saturated rings. The van der Waals surface area contributed by atoms with Gasteiger partial charge in [-0.05, 0) is 64.4 Å². The van der Waals surface area contributed by atoms with Gasteiger partial charge >= 0.3 is 12.1 Å². The maximum absolute atomic E-state index is 13.4. The van der Waals surface area contributed by atoms with Crippen LogP contribution in [0.5, 0.6) is 0 Å². The topological polar surface area (TPSA) is 79.9 Å². The van der Waals surface area contributed by atoms with E-state index < -0.39 is 17.7 Å². The third kappa shape index (κ3) is 8.70. The standard InChI is InChI=1S/C25H34BrN3O4/c1-17(19-10-8-7-9-11-19)27-23(30)29(21-14-12-20(26)13-15-21)16-22(18(2)32-6)28-24(31)33-25(3,4)5/h7-15,17-18,22H,16H2,1-6H3,(H,27,30)(H,28,31). The van der Waals surface area contributed by atoms with Gasteiger partial charge < -0.3 is 20.1 Å². The Labute approximate surface area is 205 Å². The van der Waals surface area contributed by atoms with E-state index in [1.807, 2.05) is 68.4 Å². The summed E-state index contributed by atoms with van der Waals surface area (Å²) in [4.78, 5) is 27.5. The van der Waals surface area contributed by atoms with Gasteiger partial charge in [-0.15, -0.1) is 0 Å². The van der Waals surface area contributed by atoms with Gasteiger partial charge in [0.25, 0.3) is 0 Å². The summed E-state index contributed by atoms with van der Waals surface area (Å²) in [6.07, 6.45) is -0.931. The van der Waals surface area contributed by atoms with Crippen molar-refractivity contribution in [2.24, 2.45) is 0 Å². The number of amides is 3. The number of urea groups is 1. The number of nitrogens with one attached hydrogen (secondary N) is 2. The fraction of sp³-hybridized carbons (Fsp3) is 0.440. The number of carbonyl (C=O) groups is 2. The SMILES string of the molecule is COC(C)C(CN(C(=O)NC(C)c1ccccc1)c1ccc(Br)cc1)NC(=O)OC(C)(C)C. The molecule has 7 nitrogen and oxygen atoms in total. The summed E-state index contributed by atoms with van der Waals surface area (Å²) < 4.78 is 11.8. The molecule has 0 spiro atoms. The van der Waals surface area contributed by atoms with Gasteiger partial charge in [0.15, 0.2) is 0 Å². The van der Waals surface area contributed by atoms with Gasteiger partial charge in [-0.1, -0.05) is 46.3 Å². The molecule has 33 heavy (non-hydrogen) atoms. The van der Waals surface area contributed by atoms with Crippen molar-refractivity contribution in [1.82, 2.24) is 10.6 Å². The van der Waals surface area contributed by atoms with Gasteiger partial charge in [0, 0.05) is 17.3 Å². The van der Waals surface area contributed by atoms with Crippen molar-refractivity contribution >= 4 is 33.7 Å². The Morgan fingerprint density at radius 1 is 1.00 bits per heavy atom. The van der Waals surface area contributed by atoms with Crippen molar-refractivity contribution in [2.75, 3.05) is 18.6 Å². The Morgan fingerprint density at radius 3 is 2.15 bits per heavy atom. The number of ether oxygens (including phenoxy) is 2. The van der Waals surface area contributed by atoms with Crippen molar-refractivity contribution < 1.29 is 19.1 Å². The average Bonchev–Trinajstić information content (AvgIpc) is 2.76. The molecule has 0 aliphatic rings. The molecular formula is C25H34BrN3O4. The number of hydrogen-bond donors (Lipinski definition) is 2. The van der Waals surface area contributed by atoms with E-state index >= 15 is 0 Å². The minimum absolute atomic E-state index is 0.184. The fourth-order valence-corrected chi connectivity index (χ4v) is 3.41. The number of carbonyl (C=O) groups excluding carboxylic acids is 2. The highest BCUT2D eigenvalue weighted by molar-refractivity contribution is 9.10. The largest absolute Gasteiger partial charge is 0.444 e. The summed E-state index contributed by atoms with van der Waals surface area (Å²) in [5, 5.41) is 5.91. The predicted molar refractivity (Wildman–Crippen MR) is 135 cm³/mol. The van der Waals surface area contributed by atoms with Crippen LogP contribution in [0.4, 0.5) is 15.3 Å². The second kappa shape index (κ2) is 12.0. The summed E-state index contributed by atoms with van der Waals surface area (Å²) in [6.45, 7) is 9.35. The number of methoxy groups -OCH3 is 1.